The number of guanidine groups is 1. The van der Waals surface area contributed by atoms with E-state index in [4.69, 9.17) is 4.74 Å². The average molecular weight is 346 g/mol. The molecule has 1 fully saturated rings. The van der Waals surface area contributed by atoms with Gasteiger partial charge in [0.05, 0.1) is 19.2 Å². The molecule has 138 valence electrons. The molecule has 2 N–H and O–H groups in total. The maximum Gasteiger partial charge on any atom is 0.241 e. The number of carbonyl (C=O) groups is 1. The van der Waals surface area contributed by atoms with Crippen molar-refractivity contribution in [3.05, 3.63) is 35.4 Å². The second-order valence-corrected chi connectivity index (χ2v) is 6.44. The third kappa shape index (κ3) is 6.38. The first-order chi connectivity index (χ1) is 12.1. The first-order valence-corrected chi connectivity index (χ1v) is 9.01. The van der Waals surface area contributed by atoms with Crippen molar-refractivity contribution in [2.45, 2.75) is 38.8 Å². The predicted molar refractivity (Wildman–Crippen MR) is 101 cm³/mol. The van der Waals surface area contributed by atoms with Gasteiger partial charge in [-0.2, -0.15) is 0 Å². The molecule has 1 saturated heterocycles. The zero-order chi connectivity index (χ0) is 18.1. The molecule has 1 unspecified atom stereocenters. The Hall–Kier alpha value is -2.08. The molecule has 1 atom stereocenters. The molecule has 25 heavy (non-hydrogen) atoms. The number of benzene rings is 1. The summed E-state index contributed by atoms with van der Waals surface area (Å²) in [6.45, 7) is 4.49. The Labute approximate surface area is 150 Å². The minimum Gasteiger partial charge on any atom is -0.376 e. The van der Waals surface area contributed by atoms with Crippen molar-refractivity contribution < 1.29 is 9.53 Å². The fraction of sp³-hybridized carbons (Fsp3) is 0.579. The molecule has 1 aromatic rings. The summed E-state index contributed by atoms with van der Waals surface area (Å²) < 4.78 is 5.65. The van der Waals surface area contributed by atoms with Gasteiger partial charge in [-0.15, -0.1) is 0 Å². The molecule has 6 nitrogen and oxygen atoms in total. The van der Waals surface area contributed by atoms with Crippen molar-refractivity contribution in [1.29, 1.82) is 0 Å². The van der Waals surface area contributed by atoms with E-state index < -0.39 is 0 Å². The van der Waals surface area contributed by atoms with Gasteiger partial charge < -0.3 is 20.3 Å². The van der Waals surface area contributed by atoms with E-state index in [9.17, 15) is 4.79 Å². The highest BCUT2D eigenvalue weighted by Crippen LogP contribution is 2.11. The fourth-order valence-electron chi connectivity index (χ4n) is 2.73. The monoisotopic (exact) mass is 346 g/mol. The van der Waals surface area contributed by atoms with Crippen molar-refractivity contribution in [3.63, 3.8) is 0 Å². The van der Waals surface area contributed by atoms with Gasteiger partial charge in [0.25, 0.3) is 0 Å². The number of aliphatic imine (C=N–C) groups is 1. The van der Waals surface area contributed by atoms with E-state index in [1.165, 1.54) is 11.1 Å². The van der Waals surface area contributed by atoms with Gasteiger partial charge in [0.1, 0.15) is 0 Å². The molecule has 1 aliphatic rings. The predicted octanol–water partition coefficient (Wildman–Crippen LogP) is 1.55. The number of nitrogens with zero attached hydrogens (tertiary/aromatic N) is 2. The van der Waals surface area contributed by atoms with E-state index >= 15 is 0 Å². The van der Waals surface area contributed by atoms with Crippen LogP contribution in [0.2, 0.25) is 0 Å². The van der Waals surface area contributed by atoms with Gasteiger partial charge in [-0.1, -0.05) is 31.2 Å². The second-order valence-electron chi connectivity index (χ2n) is 6.44. The molecule has 0 radical (unpaired) electrons. The Bertz CT molecular complexity index is 581. The summed E-state index contributed by atoms with van der Waals surface area (Å²) in [5.74, 6) is 0.664. The van der Waals surface area contributed by atoms with E-state index in [0.29, 0.717) is 19.0 Å². The van der Waals surface area contributed by atoms with Gasteiger partial charge >= 0.3 is 0 Å². The van der Waals surface area contributed by atoms with Gasteiger partial charge in [0.15, 0.2) is 5.96 Å². The van der Waals surface area contributed by atoms with Crippen LogP contribution in [0.3, 0.4) is 0 Å². The minimum absolute atomic E-state index is 0.0144. The lowest BCUT2D eigenvalue weighted by Crippen LogP contribution is -2.45. The Morgan fingerprint density at radius 3 is 2.68 bits per heavy atom. The maximum absolute atomic E-state index is 11.8. The second kappa shape index (κ2) is 10.0. The van der Waals surface area contributed by atoms with Crippen molar-refractivity contribution in [1.82, 2.24) is 15.5 Å². The van der Waals surface area contributed by atoms with Gasteiger partial charge in [-0.05, 0) is 30.4 Å². The zero-order valence-corrected chi connectivity index (χ0v) is 15.5. The molecule has 0 aromatic heterocycles. The number of amides is 1. The van der Waals surface area contributed by atoms with E-state index in [2.05, 4.69) is 40.7 Å². The van der Waals surface area contributed by atoms with Crippen LogP contribution in [0.15, 0.2) is 29.3 Å². The number of rotatable bonds is 7. The van der Waals surface area contributed by atoms with Gasteiger partial charge in [-0.3, -0.25) is 4.79 Å². The van der Waals surface area contributed by atoms with E-state index in [1.54, 1.807) is 19.0 Å². The molecular formula is C19H30N4O2. The van der Waals surface area contributed by atoms with Crippen LogP contribution >= 0.6 is 0 Å². The maximum atomic E-state index is 11.8. The SMILES string of the molecule is CCc1ccccc1CN=C(NCC(=O)N(C)C)NCC1CCCO1. The van der Waals surface area contributed by atoms with Gasteiger partial charge in [-0.25, -0.2) is 4.99 Å². The molecule has 1 heterocycles. The molecule has 0 saturated carbocycles. The molecular weight excluding hydrogens is 316 g/mol. The average Bonchev–Trinajstić information content (AvgIpc) is 3.14. The number of hydrogen-bond acceptors (Lipinski definition) is 3. The first kappa shape index (κ1) is 19.2. The van der Waals surface area contributed by atoms with Crippen molar-refractivity contribution >= 4 is 11.9 Å². The Morgan fingerprint density at radius 1 is 1.28 bits per heavy atom. The summed E-state index contributed by atoms with van der Waals surface area (Å²) in [6.07, 6.45) is 3.38. The van der Waals surface area contributed by atoms with Crippen LogP contribution in [-0.2, 0) is 22.5 Å². The summed E-state index contributed by atoms with van der Waals surface area (Å²) in [5, 5.41) is 6.43. The smallest absolute Gasteiger partial charge is 0.241 e. The molecule has 1 aromatic carbocycles. The van der Waals surface area contributed by atoms with Gasteiger partial charge in [0.2, 0.25) is 5.91 Å². The van der Waals surface area contributed by atoms with Crippen LogP contribution in [-0.4, -0.2) is 56.7 Å². The van der Waals surface area contributed by atoms with E-state index in [1.807, 2.05) is 6.07 Å². The normalized spacial score (nSPS) is 17.4. The van der Waals surface area contributed by atoms with Crippen molar-refractivity contribution in [2.75, 3.05) is 33.8 Å². The molecule has 1 aliphatic heterocycles. The highest BCUT2D eigenvalue weighted by atomic mass is 16.5. The molecule has 0 bridgehead atoms. The summed E-state index contributed by atoms with van der Waals surface area (Å²) in [7, 11) is 3.50. The quantitative estimate of drug-likeness (QED) is 0.581. The lowest BCUT2D eigenvalue weighted by Gasteiger charge is -2.17. The number of likely N-dealkylation sites (N-methyl/N-ethyl adjacent to an activating group) is 1. The number of carbonyl (C=O) groups excluding carboxylic acids is 1. The van der Waals surface area contributed by atoms with Crippen LogP contribution in [0.5, 0.6) is 0 Å². The third-order valence-corrected chi connectivity index (χ3v) is 4.33. The zero-order valence-electron chi connectivity index (χ0n) is 15.5. The Balaban J connectivity index is 1.99. The Morgan fingerprint density at radius 2 is 2.04 bits per heavy atom. The first-order valence-electron chi connectivity index (χ1n) is 9.01. The Kier molecular flexibility index (Phi) is 7.73. The van der Waals surface area contributed by atoms with Crippen LogP contribution in [0.1, 0.15) is 30.9 Å². The van der Waals surface area contributed by atoms with Crippen LogP contribution in [0.25, 0.3) is 0 Å². The van der Waals surface area contributed by atoms with Gasteiger partial charge in [0, 0.05) is 27.2 Å². The lowest BCUT2D eigenvalue weighted by molar-refractivity contribution is -0.127. The van der Waals surface area contributed by atoms with Crippen molar-refractivity contribution in [2.24, 2.45) is 4.99 Å². The molecule has 6 heteroatoms. The van der Waals surface area contributed by atoms with E-state index in [-0.39, 0.29) is 18.6 Å². The summed E-state index contributed by atoms with van der Waals surface area (Å²) in [4.78, 5) is 18.1. The lowest BCUT2D eigenvalue weighted by atomic mass is 10.1. The minimum atomic E-state index is 0.0144. The number of aryl methyl sites for hydroxylation is 1. The molecule has 0 aliphatic carbocycles. The summed E-state index contributed by atoms with van der Waals surface area (Å²) in [5.41, 5.74) is 2.51. The number of hydrogen-bond donors (Lipinski definition) is 2. The molecule has 1 amide bonds. The fourth-order valence-corrected chi connectivity index (χ4v) is 2.73. The molecule has 2 rings (SSSR count). The summed E-state index contributed by atoms with van der Waals surface area (Å²) >= 11 is 0. The summed E-state index contributed by atoms with van der Waals surface area (Å²) in [6, 6.07) is 8.32. The standard InChI is InChI=1S/C19H30N4O2/c1-4-15-8-5-6-9-16(15)12-20-19(22-14-18(24)23(2)3)21-13-17-10-7-11-25-17/h5-6,8-9,17H,4,7,10-14H2,1-3H3,(H2,20,21,22). The number of ether oxygens (including phenoxy) is 1. The third-order valence-electron chi connectivity index (χ3n) is 4.33. The van der Waals surface area contributed by atoms with E-state index in [0.717, 1.165) is 25.9 Å². The largest absolute Gasteiger partial charge is 0.376 e. The highest BCUT2D eigenvalue weighted by Gasteiger charge is 2.16. The van der Waals surface area contributed by atoms with Crippen LogP contribution in [0, 0.1) is 0 Å². The number of nitrogens with one attached hydrogen (secondary N) is 2. The van der Waals surface area contributed by atoms with Crippen molar-refractivity contribution in [3.8, 4) is 0 Å². The topological polar surface area (TPSA) is 66.0 Å². The van der Waals surface area contributed by atoms with Crippen LogP contribution in [0.4, 0.5) is 0 Å². The highest BCUT2D eigenvalue weighted by molar-refractivity contribution is 5.86. The van der Waals surface area contributed by atoms with Crippen LogP contribution < -0.4 is 10.6 Å². The molecule has 0 spiro atoms.